The maximum absolute atomic E-state index is 12.9. The van der Waals surface area contributed by atoms with Gasteiger partial charge < -0.3 is 14.2 Å². The number of esters is 3. The van der Waals surface area contributed by atoms with Crippen LogP contribution in [0.1, 0.15) is 361 Å². The van der Waals surface area contributed by atoms with Gasteiger partial charge in [0.2, 0.25) is 0 Å². The van der Waals surface area contributed by atoms with E-state index in [0.717, 1.165) is 96.3 Å². The highest BCUT2D eigenvalue weighted by Gasteiger charge is 2.19. The molecule has 6 nitrogen and oxygen atoms in total. The lowest BCUT2D eigenvalue weighted by atomic mass is 10.0. The Kier molecular flexibility index (Phi) is 65.7. The van der Waals surface area contributed by atoms with Crippen molar-refractivity contribution in [2.45, 2.75) is 367 Å². The van der Waals surface area contributed by atoms with E-state index in [2.05, 4.69) is 93.7 Å². The molecule has 0 bridgehead atoms. The van der Waals surface area contributed by atoms with Crippen LogP contribution in [0.3, 0.4) is 0 Å². The quantitative estimate of drug-likeness (QED) is 0.0261. The Hall–Kier alpha value is -3.15. The number of rotatable bonds is 64. The minimum Gasteiger partial charge on any atom is -0.462 e. The average molecular weight is 1120 g/mol. The second-order valence-corrected chi connectivity index (χ2v) is 23.4. The smallest absolute Gasteiger partial charge is 0.306 e. The van der Waals surface area contributed by atoms with Gasteiger partial charge in [-0.25, -0.2) is 0 Å². The van der Waals surface area contributed by atoms with Crippen LogP contribution in [0.4, 0.5) is 0 Å². The molecule has 0 aliphatic heterocycles. The number of carbonyl (C=O) groups is 3. The Morgan fingerprint density at radius 1 is 0.250 bits per heavy atom. The summed E-state index contributed by atoms with van der Waals surface area (Å²) >= 11 is 0. The maximum atomic E-state index is 12.9. The van der Waals surface area contributed by atoms with Crippen LogP contribution in [0.5, 0.6) is 0 Å². The summed E-state index contributed by atoms with van der Waals surface area (Å²) < 4.78 is 17.0. The zero-order chi connectivity index (χ0) is 57.8. The van der Waals surface area contributed by atoms with E-state index in [4.69, 9.17) is 14.2 Å². The standard InChI is InChI=1S/C74H132O6/c1-4-7-10-13-16-19-22-25-28-31-33-34-35-36-37-38-39-40-42-43-46-49-52-55-58-61-64-67-73(76)79-70-71(69-78-72(75)66-63-60-57-54-51-48-45-30-27-24-21-18-15-12-9-6-3)80-74(77)68-65-62-59-56-53-50-47-44-41-32-29-26-23-20-17-14-11-8-5-2/h17,20,22,25-26,29,31,33,35-36,41,44,71H,4-16,18-19,21,23-24,27-28,30,32,34,37-40,42-43,45-70H2,1-3H3/b20-17-,25-22-,29-26-,33-31-,36-35-,44-41-. The Balaban J connectivity index is 4.32. The van der Waals surface area contributed by atoms with Crippen molar-refractivity contribution in [3.05, 3.63) is 72.9 Å². The first-order valence-corrected chi connectivity index (χ1v) is 34.9. The Bertz CT molecular complexity index is 1470. The van der Waals surface area contributed by atoms with Crippen molar-refractivity contribution in [3.63, 3.8) is 0 Å². The highest BCUT2D eigenvalue weighted by atomic mass is 16.6. The molecule has 0 amide bonds. The molecule has 0 aromatic rings. The molecule has 0 radical (unpaired) electrons. The summed E-state index contributed by atoms with van der Waals surface area (Å²) in [6.07, 6.45) is 89.1. The molecular weight excluding hydrogens is 985 g/mol. The second-order valence-electron chi connectivity index (χ2n) is 23.4. The minimum atomic E-state index is -0.783. The van der Waals surface area contributed by atoms with Crippen molar-refractivity contribution in [1.29, 1.82) is 0 Å². The first-order chi connectivity index (χ1) is 39.5. The summed E-state index contributed by atoms with van der Waals surface area (Å²) in [4.78, 5) is 38.4. The van der Waals surface area contributed by atoms with Crippen molar-refractivity contribution >= 4 is 17.9 Å². The predicted octanol–water partition coefficient (Wildman–Crippen LogP) is 24.1. The fraction of sp³-hybridized carbons (Fsp3) is 0.797. The summed E-state index contributed by atoms with van der Waals surface area (Å²) in [5, 5.41) is 0. The summed E-state index contributed by atoms with van der Waals surface area (Å²) in [6, 6.07) is 0. The van der Waals surface area contributed by atoms with E-state index in [1.54, 1.807) is 0 Å². The molecule has 0 aliphatic rings. The molecule has 0 aliphatic carbocycles. The fourth-order valence-corrected chi connectivity index (χ4v) is 10.2. The van der Waals surface area contributed by atoms with E-state index in [-0.39, 0.29) is 31.1 Å². The molecule has 1 unspecified atom stereocenters. The summed E-state index contributed by atoms with van der Waals surface area (Å²) in [7, 11) is 0. The zero-order valence-electron chi connectivity index (χ0n) is 53.3. The number of hydrogen-bond donors (Lipinski definition) is 0. The van der Waals surface area contributed by atoms with Gasteiger partial charge >= 0.3 is 17.9 Å². The molecule has 6 heteroatoms. The van der Waals surface area contributed by atoms with E-state index in [9.17, 15) is 14.4 Å². The first-order valence-electron chi connectivity index (χ1n) is 34.9. The zero-order valence-corrected chi connectivity index (χ0v) is 53.3. The molecule has 0 N–H and O–H groups in total. The van der Waals surface area contributed by atoms with Gasteiger partial charge in [-0.05, 0) is 96.3 Å². The molecule has 0 rings (SSSR count). The fourth-order valence-electron chi connectivity index (χ4n) is 10.2. The van der Waals surface area contributed by atoms with E-state index in [1.165, 1.54) is 225 Å². The molecular formula is C74H132O6. The number of ether oxygens (including phenoxy) is 3. The normalized spacial score (nSPS) is 12.5. The highest BCUT2D eigenvalue weighted by molar-refractivity contribution is 5.71. The summed E-state index contributed by atoms with van der Waals surface area (Å²) in [5.41, 5.74) is 0. The van der Waals surface area contributed by atoms with Crippen LogP contribution in [0, 0.1) is 0 Å². The molecule has 0 saturated carbocycles. The van der Waals surface area contributed by atoms with Gasteiger partial charge in [-0.3, -0.25) is 14.4 Å². The van der Waals surface area contributed by atoms with E-state index in [1.807, 2.05) is 0 Å². The van der Waals surface area contributed by atoms with Crippen LogP contribution >= 0.6 is 0 Å². The molecule has 0 heterocycles. The lowest BCUT2D eigenvalue weighted by Gasteiger charge is -2.18. The monoisotopic (exact) mass is 1120 g/mol. The molecule has 0 fully saturated rings. The molecule has 0 saturated heterocycles. The number of allylic oxidation sites excluding steroid dienone is 12. The Morgan fingerprint density at radius 3 is 0.725 bits per heavy atom. The summed E-state index contributed by atoms with van der Waals surface area (Å²) in [5.74, 6) is -0.871. The maximum Gasteiger partial charge on any atom is 0.306 e. The van der Waals surface area contributed by atoms with Crippen LogP contribution < -0.4 is 0 Å². The largest absolute Gasteiger partial charge is 0.462 e. The van der Waals surface area contributed by atoms with Gasteiger partial charge in [0, 0.05) is 19.3 Å². The van der Waals surface area contributed by atoms with Gasteiger partial charge in [0.1, 0.15) is 13.2 Å². The third-order valence-electron chi connectivity index (χ3n) is 15.4. The SMILES string of the molecule is CCCCC/C=C\C/C=C\C/C=C\CCCCCCCCC(=O)OC(COC(=O)CCCCCCCCCCCCCC/C=C\C/C=C\C/C=C\CCCCCCC)COC(=O)CCCCCCCCCCCCCCCCCC. The van der Waals surface area contributed by atoms with Crippen LogP contribution in [0.2, 0.25) is 0 Å². The molecule has 0 spiro atoms. The average Bonchev–Trinajstić information content (AvgIpc) is 3.46. The number of unbranched alkanes of at least 4 members (excludes halogenated alkanes) is 41. The van der Waals surface area contributed by atoms with Crippen LogP contribution in [0.15, 0.2) is 72.9 Å². The third kappa shape index (κ3) is 65.7. The molecule has 80 heavy (non-hydrogen) atoms. The minimum absolute atomic E-state index is 0.0775. The van der Waals surface area contributed by atoms with Crippen molar-refractivity contribution < 1.29 is 28.6 Å². The van der Waals surface area contributed by atoms with Gasteiger partial charge in [0.05, 0.1) is 0 Å². The van der Waals surface area contributed by atoms with Gasteiger partial charge in [-0.1, -0.05) is 318 Å². The second kappa shape index (κ2) is 68.3. The van der Waals surface area contributed by atoms with Crippen molar-refractivity contribution in [3.8, 4) is 0 Å². The molecule has 0 aromatic carbocycles. The Morgan fingerprint density at radius 2 is 0.450 bits per heavy atom. The van der Waals surface area contributed by atoms with Crippen LogP contribution in [-0.2, 0) is 28.6 Å². The van der Waals surface area contributed by atoms with Crippen molar-refractivity contribution in [2.24, 2.45) is 0 Å². The highest BCUT2D eigenvalue weighted by Crippen LogP contribution is 2.17. The van der Waals surface area contributed by atoms with Crippen LogP contribution in [-0.4, -0.2) is 37.2 Å². The van der Waals surface area contributed by atoms with Crippen molar-refractivity contribution in [2.75, 3.05) is 13.2 Å². The lowest BCUT2D eigenvalue weighted by Crippen LogP contribution is -2.30. The van der Waals surface area contributed by atoms with Gasteiger partial charge in [0.15, 0.2) is 6.10 Å². The van der Waals surface area contributed by atoms with Crippen molar-refractivity contribution in [1.82, 2.24) is 0 Å². The van der Waals surface area contributed by atoms with Crippen LogP contribution in [0.25, 0.3) is 0 Å². The van der Waals surface area contributed by atoms with E-state index >= 15 is 0 Å². The van der Waals surface area contributed by atoms with Gasteiger partial charge in [-0.15, -0.1) is 0 Å². The molecule has 464 valence electrons. The Labute approximate surface area is 497 Å². The van der Waals surface area contributed by atoms with Gasteiger partial charge in [0.25, 0.3) is 0 Å². The van der Waals surface area contributed by atoms with E-state index in [0.29, 0.717) is 19.3 Å². The van der Waals surface area contributed by atoms with E-state index < -0.39 is 6.10 Å². The first kappa shape index (κ1) is 76.9. The number of hydrogen-bond acceptors (Lipinski definition) is 6. The molecule has 1 atom stereocenters. The summed E-state index contributed by atoms with van der Waals surface area (Å²) in [6.45, 7) is 6.64. The predicted molar refractivity (Wildman–Crippen MR) is 348 cm³/mol. The topological polar surface area (TPSA) is 78.9 Å². The number of carbonyl (C=O) groups excluding carboxylic acids is 3. The third-order valence-corrected chi connectivity index (χ3v) is 15.4. The van der Waals surface area contributed by atoms with Gasteiger partial charge in [-0.2, -0.15) is 0 Å². The molecule has 0 aromatic heterocycles. The lowest BCUT2D eigenvalue weighted by molar-refractivity contribution is -0.167.